The maximum absolute atomic E-state index is 13.9. The van der Waals surface area contributed by atoms with Gasteiger partial charge in [-0.3, -0.25) is 0 Å². The van der Waals surface area contributed by atoms with Gasteiger partial charge in [-0.05, 0) is 50.0 Å². The largest absolute Gasteiger partial charge is 0.492 e. The Hall–Kier alpha value is -1.13. The molecule has 0 bridgehead atoms. The SMILES string of the molecule is CN(C)CCOc1cc(F)c2c(c1)CC(CO)C2. The minimum atomic E-state index is -0.205. The Morgan fingerprint density at radius 2 is 2.17 bits per heavy atom. The summed E-state index contributed by atoms with van der Waals surface area (Å²) >= 11 is 0. The molecule has 0 aromatic heterocycles. The average Bonchev–Trinajstić information content (AvgIpc) is 2.72. The first-order chi connectivity index (χ1) is 8.60. The molecule has 1 atom stereocenters. The van der Waals surface area contributed by atoms with E-state index in [4.69, 9.17) is 9.84 Å². The second kappa shape index (κ2) is 5.67. The third kappa shape index (κ3) is 3.00. The summed E-state index contributed by atoms with van der Waals surface area (Å²) in [5.41, 5.74) is 1.72. The van der Waals surface area contributed by atoms with Crippen molar-refractivity contribution in [3.05, 3.63) is 29.1 Å². The van der Waals surface area contributed by atoms with Gasteiger partial charge in [0.25, 0.3) is 0 Å². The topological polar surface area (TPSA) is 32.7 Å². The second-order valence-electron chi connectivity index (χ2n) is 5.15. The number of aliphatic hydroxyl groups is 1. The number of hydrogen-bond acceptors (Lipinski definition) is 3. The number of likely N-dealkylation sites (N-methyl/N-ethyl adjacent to an activating group) is 1. The smallest absolute Gasteiger partial charge is 0.130 e. The van der Waals surface area contributed by atoms with E-state index < -0.39 is 0 Å². The number of fused-ring (bicyclic) bond motifs is 1. The van der Waals surface area contributed by atoms with E-state index in [0.717, 1.165) is 24.1 Å². The molecule has 1 aliphatic carbocycles. The van der Waals surface area contributed by atoms with E-state index in [1.165, 1.54) is 6.07 Å². The summed E-state index contributed by atoms with van der Waals surface area (Å²) in [5.74, 6) is 0.543. The fourth-order valence-corrected chi connectivity index (χ4v) is 2.31. The zero-order chi connectivity index (χ0) is 13.1. The van der Waals surface area contributed by atoms with Gasteiger partial charge in [0.05, 0.1) is 0 Å². The second-order valence-corrected chi connectivity index (χ2v) is 5.15. The van der Waals surface area contributed by atoms with E-state index in [1.54, 1.807) is 0 Å². The van der Waals surface area contributed by atoms with Crippen LogP contribution in [0.3, 0.4) is 0 Å². The Bertz CT molecular complexity index is 421. The highest BCUT2D eigenvalue weighted by Gasteiger charge is 2.24. The van der Waals surface area contributed by atoms with Crippen LogP contribution in [0.1, 0.15) is 11.1 Å². The number of aliphatic hydroxyl groups excluding tert-OH is 1. The average molecular weight is 253 g/mol. The predicted octanol–water partition coefficient (Wildman–Crippen LogP) is 1.47. The maximum atomic E-state index is 13.9. The summed E-state index contributed by atoms with van der Waals surface area (Å²) in [6.45, 7) is 1.47. The van der Waals surface area contributed by atoms with E-state index in [2.05, 4.69) is 0 Å². The first-order valence-electron chi connectivity index (χ1n) is 6.30. The normalized spacial score (nSPS) is 18.2. The quantitative estimate of drug-likeness (QED) is 0.862. The molecule has 0 fully saturated rings. The molecular formula is C14H20FNO2. The molecule has 100 valence electrons. The first kappa shape index (κ1) is 13.3. The molecule has 0 spiro atoms. The van der Waals surface area contributed by atoms with Gasteiger partial charge in [-0.15, -0.1) is 0 Å². The fraction of sp³-hybridized carbons (Fsp3) is 0.571. The van der Waals surface area contributed by atoms with Gasteiger partial charge in [-0.2, -0.15) is 0 Å². The summed E-state index contributed by atoms with van der Waals surface area (Å²) in [4.78, 5) is 2.02. The van der Waals surface area contributed by atoms with Gasteiger partial charge in [-0.1, -0.05) is 0 Å². The van der Waals surface area contributed by atoms with Crippen molar-refractivity contribution in [2.45, 2.75) is 12.8 Å². The van der Waals surface area contributed by atoms with E-state index in [-0.39, 0.29) is 18.3 Å². The number of nitrogens with zero attached hydrogens (tertiary/aromatic N) is 1. The Labute approximate surface area is 107 Å². The Balaban J connectivity index is 2.05. The number of hydrogen-bond donors (Lipinski definition) is 1. The van der Waals surface area contributed by atoms with Crippen molar-refractivity contribution in [1.29, 1.82) is 0 Å². The molecule has 18 heavy (non-hydrogen) atoms. The van der Waals surface area contributed by atoms with Crippen LogP contribution in [0, 0.1) is 11.7 Å². The van der Waals surface area contributed by atoms with E-state index in [1.807, 2.05) is 25.1 Å². The van der Waals surface area contributed by atoms with Crippen molar-refractivity contribution in [3.8, 4) is 5.75 Å². The minimum absolute atomic E-state index is 0.116. The molecule has 1 N–H and O–H groups in total. The molecule has 1 aromatic carbocycles. The zero-order valence-electron chi connectivity index (χ0n) is 10.9. The number of benzene rings is 1. The van der Waals surface area contributed by atoms with Gasteiger partial charge in [0.15, 0.2) is 0 Å². The van der Waals surface area contributed by atoms with Gasteiger partial charge in [0.2, 0.25) is 0 Å². The molecule has 0 saturated carbocycles. The van der Waals surface area contributed by atoms with Crippen LogP contribution in [0.4, 0.5) is 4.39 Å². The molecule has 0 radical (unpaired) electrons. The van der Waals surface area contributed by atoms with E-state index in [0.29, 0.717) is 18.8 Å². The van der Waals surface area contributed by atoms with Gasteiger partial charge < -0.3 is 14.7 Å². The third-order valence-corrected chi connectivity index (χ3v) is 3.33. The Morgan fingerprint density at radius 3 is 2.83 bits per heavy atom. The van der Waals surface area contributed by atoms with Crippen molar-refractivity contribution in [3.63, 3.8) is 0 Å². The molecule has 1 aromatic rings. The highest BCUT2D eigenvalue weighted by Crippen LogP contribution is 2.32. The zero-order valence-corrected chi connectivity index (χ0v) is 10.9. The molecule has 0 heterocycles. The molecule has 2 rings (SSSR count). The molecule has 1 aliphatic rings. The summed E-state index contributed by atoms with van der Waals surface area (Å²) < 4.78 is 19.4. The lowest BCUT2D eigenvalue weighted by atomic mass is 10.1. The molecular weight excluding hydrogens is 233 g/mol. The predicted molar refractivity (Wildman–Crippen MR) is 68.4 cm³/mol. The van der Waals surface area contributed by atoms with Crippen LogP contribution in [0.25, 0.3) is 0 Å². The molecule has 0 aliphatic heterocycles. The lowest BCUT2D eigenvalue weighted by Gasteiger charge is -2.12. The van der Waals surface area contributed by atoms with Crippen LogP contribution in [-0.2, 0) is 12.8 Å². The van der Waals surface area contributed by atoms with Crippen LogP contribution in [-0.4, -0.2) is 43.9 Å². The highest BCUT2D eigenvalue weighted by molar-refractivity contribution is 5.40. The number of halogens is 1. The Morgan fingerprint density at radius 1 is 1.39 bits per heavy atom. The number of ether oxygens (including phenoxy) is 1. The lowest BCUT2D eigenvalue weighted by Crippen LogP contribution is -2.19. The van der Waals surface area contributed by atoms with Crippen LogP contribution >= 0.6 is 0 Å². The standard InChI is InChI=1S/C14H20FNO2/c1-16(2)3-4-18-12-7-11-5-10(9-17)6-13(11)14(15)8-12/h7-8,10,17H,3-6,9H2,1-2H3. The summed E-state index contributed by atoms with van der Waals surface area (Å²) in [6, 6.07) is 3.36. The molecule has 3 nitrogen and oxygen atoms in total. The van der Waals surface area contributed by atoms with Crippen molar-refractivity contribution in [2.24, 2.45) is 5.92 Å². The van der Waals surface area contributed by atoms with Crippen molar-refractivity contribution in [1.82, 2.24) is 4.90 Å². The lowest BCUT2D eigenvalue weighted by molar-refractivity contribution is 0.232. The summed E-state index contributed by atoms with van der Waals surface area (Å²) in [6.07, 6.45) is 1.38. The highest BCUT2D eigenvalue weighted by atomic mass is 19.1. The van der Waals surface area contributed by atoms with Crippen LogP contribution < -0.4 is 4.74 Å². The van der Waals surface area contributed by atoms with Crippen LogP contribution in [0.2, 0.25) is 0 Å². The monoisotopic (exact) mass is 253 g/mol. The van der Waals surface area contributed by atoms with Crippen LogP contribution in [0.15, 0.2) is 12.1 Å². The van der Waals surface area contributed by atoms with Crippen LogP contribution in [0.5, 0.6) is 5.75 Å². The van der Waals surface area contributed by atoms with Gasteiger partial charge >= 0.3 is 0 Å². The Kier molecular flexibility index (Phi) is 4.19. The molecule has 1 unspecified atom stereocenters. The van der Waals surface area contributed by atoms with Gasteiger partial charge in [0, 0.05) is 19.2 Å². The number of rotatable bonds is 5. The van der Waals surface area contributed by atoms with Gasteiger partial charge in [0.1, 0.15) is 18.2 Å². The van der Waals surface area contributed by atoms with E-state index in [9.17, 15) is 4.39 Å². The minimum Gasteiger partial charge on any atom is -0.492 e. The third-order valence-electron chi connectivity index (χ3n) is 3.33. The molecule has 0 amide bonds. The van der Waals surface area contributed by atoms with Gasteiger partial charge in [-0.25, -0.2) is 4.39 Å². The summed E-state index contributed by atoms with van der Waals surface area (Å²) in [7, 11) is 3.94. The first-order valence-corrected chi connectivity index (χ1v) is 6.30. The maximum Gasteiger partial charge on any atom is 0.130 e. The van der Waals surface area contributed by atoms with E-state index >= 15 is 0 Å². The molecule has 4 heteroatoms. The summed E-state index contributed by atoms with van der Waals surface area (Å²) in [5, 5.41) is 9.14. The van der Waals surface area contributed by atoms with Crippen molar-refractivity contribution < 1.29 is 14.2 Å². The fourth-order valence-electron chi connectivity index (χ4n) is 2.31. The van der Waals surface area contributed by atoms with Crippen molar-refractivity contribution >= 4 is 0 Å². The molecule has 0 saturated heterocycles. The van der Waals surface area contributed by atoms with Crippen molar-refractivity contribution in [2.75, 3.05) is 33.9 Å².